The van der Waals surface area contributed by atoms with Crippen LogP contribution >= 0.6 is 24.0 Å². The van der Waals surface area contributed by atoms with Gasteiger partial charge in [-0.3, -0.25) is 23.7 Å². The van der Waals surface area contributed by atoms with Gasteiger partial charge in [-0.05, 0) is 55.3 Å². The van der Waals surface area contributed by atoms with Crippen molar-refractivity contribution >= 4 is 63.4 Å². The number of carbonyl (C=O) groups is 2. The zero-order valence-corrected chi connectivity index (χ0v) is 23.3. The molecule has 2 aliphatic rings. The van der Waals surface area contributed by atoms with Crippen molar-refractivity contribution in [2.45, 2.75) is 25.7 Å². The fourth-order valence-electron chi connectivity index (χ4n) is 4.83. The Morgan fingerprint density at radius 1 is 1.02 bits per heavy atom. The minimum absolute atomic E-state index is 0.0954. The molecule has 0 saturated carbocycles. The van der Waals surface area contributed by atoms with Gasteiger partial charge in [0.25, 0.3) is 11.5 Å². The molecule has 40 heavy (non-hydrogen) atoms. The number of aliphatic carboxylic acids is 1. The van der Waals surface area contributed by atoms with Crippen LogP contribution in [0.4, 0.5) is 15.9 Å². The van der Waals surface area contributed by atoms with Crippen LogP contribution in [0.5, 0.6) is 0 Å². The zero-order chi connectivity index (χ0) is 28.2. The van der Waals surface area contributed by atoms with Crippen LogP contribution in [0.25, 0.3) is 11.7 Å². The molecular formula is C28H28FN5O4S2. The summed E-state index contributed by atoms with van der Waals surface area (Å²) >= 11 is 6.62. The molecule has 2 fully saturated rings. The average Bonchev–Trinajstić information content (AvgIpc) is 3.22. The van der Waals surface area contributed by atoms with Crippen LogP contribution in [-0.2, 0) is 9.59 Å². The largest absolute Gasteiger partial charge is 0.481 e. The molecule has 0 spiro atoms. The Balaban J connectivity index is 1.39. The highest BCUT2D eigenvalue weighted by atomic mass is 32.2. The van der Waals surface area contributed by atoms with E-state index in [0.29, 0.717) is 78.2 Å². The Morgan fingerprint density at radius 2 is 1.75 bits per heavy atom. The second-order valence-corrected chi connectivity index (χ2v) is 11.2. The SMILES string of the molecule is O=C(O)CCCCCN1C(=O)C(=Cc2c(N3CCN(c4ccc(F)cc4)CC3)nc3ccccn3c2=O)SC1=S. The van der Waals surface area contributed by atoms with Gasteiger partial charge in [0.05, 0.1) is 10.5 Å². The number of amides is 1. The Bertz CT molecular complexity index is 1530. The van der Waals surface area contributed by atoms with E-state index in [1.165, 1.54) is 21.4 Å². The summed E-state index contributed by atoms with van der Waals surface area (Å²) in [7, 11) is 0. The number of hydrogen-bond acceptors (Lipinski definition) is 8. The van der Waals surface area contributed by atoms with Crippen LogP contribution < -0.4 is 15.4 Å². The molecule has 9 nitrogen and oxygen atoms in total. The number of thioether (sulfide) groups is 1. The number of benzene rings is 1. The lowest BCUT2D eigenvalue weighted by atomic mass is 10.2. The first-order valence-corrected chi connectivity index (χ1v) is 14.3. The van der Waals surface area contributed by atoms with Crippen LogP contribution in [0.3, 0.4) is 0 Å². The van der Waals surface area contributed by atoms with E-state index < -0.39 is 5.97 Å². The first-order chi connectivity index (χ1) is 19.3. The molecule has 1 N–H and O–H groups in total. The van der Waals surface area contributed by atoms with Gasteiger partial charge in [-0.25, -0.2) is 9.37 Å². The lowest BCUT2D eigenvalue weighted by molar-refractivity contribution is -0.137. The van der Waals surface area contributed by atoms with Gasteiger partial charge in [0.2, 0.25) is 0 Å². The van der Waals surface area contributed by atoms with Crippen molar-refractivity contribution in [3.63, 3.8) is 0 Å². The van der Waals surface area contributed by atoms with E-state index >= 15 is 0 Å². The van der Waals surface area contributed by atoms with Crippen molar-refractivity contribution in [3.05, 3.63) is 75.3 Å². The van der Waals surface area contributed by atoms with E-state index in [2.05, 4.69) is 4.90 Å². The number of carboxylic acids is 1. The molecular weight excluding hydrogens is 553 g/mol. The van der Waals surface area contributed by atoms with Gasteiger partial charge in [0, 0.05) is 51.0 Å². The van der Waals surface area contributed by atoms with Gasteiger partial charge >= 0.3 is 5.97 Å². The highest BCUT2D eigenvalue weighted by molar-refractivity contribution is 8.26. The average molecular weight is 582 g/mol. The van der Waals surface area contributed by atoms with Crippen molar-refractivity contribution in [3.8, 4) is 0 Å². The summed E-state index contributed by atoms with van der Waals surface area (Å²) in [5, 5.41) is 8.82. The summed E-state index contributed by atoms with van der Waals surface area (Å²) < 4.78 is 15.3. The quantitative estimate of drug-likeness (QED) is 0.228. The van der Waals surface area contributed by atoms with Gasteiger partial charge in [-0.15, -0.1) is 0 Å². The highest BCUT2D eigenvalue weighted by Crippen LogP contribution is 2.34. The standard InChI is InChI=1S/C28H28FN5O4S2/c29-19-8-10-20(11-9-19)31-14-16-32(17-15-31)25-21(26(37)33-12-5-3-6-23(33)30-25)18-22-27(38)34(28(39)40-22)13-4-1-2-7-24(35)36/h3,5-6,8-12,18H,1-2,4,7,13-17H2,(H,35,36). The predicted molar refractivity (Wildman–Crippen MR) is 158 cm³/mol. The maximum absolute atomic E-state index is 13.7. The topological polar surface area (TPSA) is 98.5 Å². The molecule has 0 atom stereocenters. The molecule has 208 valence electrons. The number of aromatic nitrogens is 2. The molecule has 0 bridgehead atoms. The number of pyridine rings is 1. The summed E-state index contributed by atoms with van der Waals surface area (Å²) in [4.78, 5) is 48.5. The molecule has 2 aromatic heterocycles. The predicted octanol–water partition coefficient (Wildman–Crippen LogP) is 4.01. The molecule has 0 aliphatic carbocycles. The number of carbonyl (C=O) groups excluding carboxylic acids is 1. The Morgan fingerprint density at radius 3 is 2.48 bits per heavy atom. The molecule has 3 aromatic rings. The van der Waals surface area contributed by atoms with Gasteiger partial charge in [0.15, 0.2) is 0 Å². The molecule has 0 radical (unpaired) electrons. The van der Waals surface area contributed by atoms with E-state index in [1.807, 2.05) is 11.0 Å². The molecule has 4 heterocycles. The van der Waals surface area contributed by atoms with Crippen molar-refractivity contribution < 1.29 is 19.1 Å². The third-order valence-electron chi connectivity index (χ3n) is 6.94. The minimum Gasteiger partial charge on any atom is -0.481 e. The first kappa shape index (κ1) is 27.8. The van der Waals surface area contributed by atoms with Gasteiger partial charge in [-0.1, -0.05) is 36.5 Å². The summed E-state index contributed by atoms with van der Waals surface area (Å²) in [5.41, 5.74) is 1.48. The fraction of sp³-hybridized carbons (Fsp3) is 0.321. The summed E-state index contributed by atoms with van der Waals surface area (Å²) in [5.74, 6) is -0.875. The molecule has 1 amide bonds. The van der Waals surface area contributed by atoms with E-state index in [9.17, 15) is 18.8 Å². The number of nitrogens with zero attached hydrogens (tertiary/aromatic N) is 5. The van der Waals surface area contributed by atoms with Gasteiger partial charge < -0.3 is 14.9 Å². The van der Waals surface area contributed by atoms with Crippen molar-refractivity contribution in [1.29, 1.82) is 0 Å². The molecule has 2 saturated heterocycles. The lowest BCUT2D eigenvalue weighted by Gasteiger charge is -2.37. The number of anilines is 2. The van der Waals surface area contributed by atoms with Crippen LogP contribution in [0, 0.1) is 5.82 Å². The third kappa shape index (κ3) is 6.02. The van der Waals surface area contributed by atoms with E-state index in [4.69, 9.17) is 22.3 Å². The number of unbranched alkanes of at least 4 members (excludes halogenated alkanes) is 2. The second kappa shape index (κ2) is 12.2. The smallest absolute Gasteiger partial charge is 0.303 e. The number of carboxylic acid groups (broad SMARTS) is 1. The molecule has 2 aliphatic heterocycles. The van der Waals surface area contributed by atoms with Crippen molar-refractivity contribution in [1.82, 2.24) is 14.3 Å². The van der Waals surface area contributed by atoms with Crippen LogP contribution in [0.1, 0.15) is 31.2 Å². The number of fused-ring (bicyclic) bond motifs is 1. The van der Waals surface area contributed by atoms with E-state index in [-0.39, 0.29) is 23.7 Å². The Kier molecular flexibility index (Phi) is 8.46. The zero-order valence-electron chi connectivity index (χ0n) is 21.7. The van der Waals surface area contributed by atoms with Gasteiger partial charge in [-0.2, -0.15) is 0 Å². The second-order valence-electron chi connectivity index (χ2n) is 9.57. The maximum Gasteiger partial charge on any atom is 0.303 e. The minimum atomic E-state index is -0.837. The number of piperazine rings is 1. The first-order valence-electron chi connectivity index (χ1n) is 13.1. The molecule has 0 unspecified atom stereocenters. The van der Waals surface area contributed by atoms with Crippen molar-refractivity contribution in [2.24, 2.45) is 0 Å². The fourth-order valence-corrected chi connectivity index (χ4v) is 6.12. The number of halogens is 1. The Labute approximate surface area is 239 Å². The Hall–Kier alpha value is -3.77. The van der Waals surface area contributed by atoms with Crippen molar-refractivity contribution in [2.75, 3.05) is 42.5 Å². The van der Waals surface area contributed by atoms with E-state index in [1.54, 1.807) is 36.5 Å². The number of rotatable bonds is 9. The molecule has 1 aromatic carbocycles. The summed E-state index contributed by atoms with van der Waals surface area (Å²) in [6.45, 7) is 2.89. The summed E-state index contributed by atoms with van der Waals surface area (Å²) in [6.07, 6.45) is 5.19. The monoisotopic (exact) mass is 581 g/mol. The van der Waals surface area contributed by atoms with Crippen LogP contribution in [-0.4, -0.2) is 68.3 Å². The van der Waals surface area contributed by atoms with Gasteiger partial charge in [0.1, 0.15) is 21.6 Å². The normalized spacial score (nSPS) is 16.9. The third-order valence-corrected chi connectivity index (χ3v) is 8.32. The summed E-state index contributed by atoms with van der Waals surface area (Å²) in [6, 6.07) is 11.7. The molecule has 5 rings (SSSR count). The van der Waals surface area contributed by atoms with Crippen LogP contribution in [0.15, 0.2) is 58.4 Å². The number of thiocarbonyl (C=S) groups is 1. The van der Waals surface area contributed by atoms with Crippen LogP contribution in [0.2, 0.25) is 0 Å². The maximum atomic E-state index is 13.7. The number of hydrogen-bond donors (Lipinski definition) is 1. The lowest BCUT2D eigenvalue weighted by Crippen LogP contribution is -2.47. The van der Waals surface area contributed by atoms with E-state index in [0.717, 1.165) is 17.4 Å². The molecule has 12 heteroatoms. The highest BCUT2D eigenvalue weighted by Gasteiger charge is 2.33.